The van der Waals surface area contributed by atoms with Crippen LogP contribution < -0.4 is 10.6 Å². The molecule has 0 saturated carbocycles. The first-order valence-corrected chi connectivity index (χ1v) is 7.95. The zero-order valence-electron chi connectivity index (χ0n) is 13.0. The molecule has 0 unspecified atom stereocenters. The van der Waals surface area contributed by atoms with Crippen LogP contribution in [0.15, 0.2) is 6.07 Å². The minimum Gasteiger partial charge on any atom is -0.450 e. The van der Waals surface area contributed by atoms with Crippen molar-refractivity contribution in [3.05, 3.63) is 17.3 Å². The summed E-state index contributed by atoms with van der Waals surface area (Å²) in [6.07, 6.45) is 2.43. The van der Waals surface area contributed by atoms with Crippen LogP contribution in [0.3, 0.4) is 0 Å². The van der Waals surface area contributed by atoms with Gasteiger partial charge in [-0.2, -0.15) is 5.10 Å². The molecule has 1 saturated heterocycles. The average molecular weight is 305 g/mol. The van der Waals surface area contributed by atoms with Gasteiger partial charge in [0.25, 0.3) is 0 Å². The van der Waals surface area contributed by atoms with Crippen molar-refractivity contribution in [2.24, 2.45) is 5.73 Å². The fourth-order valence-corrected chi connectivity index (χ4v) is 2.97. The van der Waals surface area contributed by atoms with Crippen molar-refractivity contribution >= 4 is 11.9 Å². The van der Waals surface area contributed by atoms with Gasteiger partial charge in [-0.25, -0.2) is 4.79 Å². The maximum Gasteiger partial charge on any atom is 0.410 e. The highest BCUT2D eigenvalue weighted by atomic mass is 16.6. The Morgan fingerprint density at radius 1 is 1.36 bits per heavy atom. The Balaban J connectivity index is 1.73. The lowest BCUT2D eigenvalue weighted by atomic mass is 10.0. The van der Waals surface area contributed by atoms with Crippen LogP contribution in [0.4, 0.5) is 10.6 Å². The number of nitrogens with two attached hydrogens (primary N) is 1. The molecule has 0 bridgehead atoms. The number of amides is 1. The molecule has 1 fully saturated rings. The lowest BCUT2D eigenvalue weighted by Crippen LogP contribution is -2.41. The minimum absolute atomic E-state index is 0.254. The van der Waals surface area contributed by atoms with Gasteiger partial charge >= 0.3 is 6.09 Å². The number of aromatic nitrogens is 2. The summed E-state index contributed by atoms with van der Waals surface area (Å²) >= 11 is 0. The first-order chi connectivity index (χ1) is 10.7. The van der Waals surface area contributed by atoms with Crippen LogP contribution in [0, 0.1) is 0 Å². The molecular formula is C15H23N5O2. The summed E-state index contributed by atoms with van der Waals surface area (Å²) in [4.78, 5) is 15.8. The van der Waals surface area contributed by atoms with E-state index in [-0.39, 0.29) is 6.09 Å². The molecule has 1 aromatic rings. The molecule has 3 rings (SSSR count). The Morgan fingerprint density at radius 2 is 2.14 bits per heavy atom. The third-order valence-corrected chi connectivity index (χ3v) is 4.32. The van der Waals surface area contributed by atoms with Crippen molar-refractivity contribution in [1.29, 1.82) is 0 Å². The van der Waals surface area contributed by atoms with Crippen molar-refractivity contribution in [3.8, 4) is 0 Å². The maximum absolute atomic E-state index is 11.9. The summed E-state index contributed by atoms with van der Waals surface area (Å²) in [5.41, 5.74) is 8.00. The van der Waals surface area contributed by atoms with Gasteiger partial charge in [-0.15, -0.1) is 5.10 Å². The van der Waals surface area contributed by atoms with Crippen LogP contribution in [0.25, 0.3) is 0 Å². The summed E-state index contributed by atoms with van der Waals surface area (Å²) in [7, 11) is 0. The number of piperidine rings is 1. The first kappa shape index (κ1) is 15.0. The van der Waals surface area contributed by atoms with Gasteiger partial charge in [0.1, 0.15) is 0 Å². The number of hydrogen-bond acceptors (Lipinski definition) is 6. The van der Waals surface area contributed by atoms with E-state index in [9.17, 15) is 4.79 Å². The van der Waals surface area contributed by atoms with Gasteiger partial charge in [0.15, 0.2) is 5.82 Å². The van der Waals surface area contributed by atoms with Crippen molar-refractivity contribution in [2.75, 3.05) is 31.1 Å². The molecule has 0 spiro atoms. The van der Waals surface area contributed by atoms with E-state index in [1.807, 2.05) is 6.92 Å². The molecule has 0 aromatic carbocycles. The smallest absolute Gasteiger partial charge is 0.410 e. The average Bonchev–Trinajstić information content (AvgIpc) is 2.55. The second-order valence-corrected chi connectivity index (χ2v) is 5.87. The highest BCUT2D eigenvalue weighted by Gasteiger charge is 2.25. The third-order valence-electron chi connectivity index (χ3n) is 4.32. The highest BCUT2D eigenvalue weighted by Crippen LogP contribution is 2.23. The van der Waals surface area contributed by atoms with Crippen LogP contribution in [-0.2, 0) is 17.7 Å². The topological polar surface area (TPSA) is 84.6 Å². The quantitative estimate of drug-likeness (QED) is 0.874. The second-order valence-electron chi connectivity index (χ2n) is 5.87. The molecule has 7 heteroatoms. The second kappa shape index (κ2) is 6.48. The van der Waals surface area contributed by atoms with E-state index in [4.69, 9.17) is 10.5 Å². The maximum atomic E-state index is 11.9. The molecule has 22 heavy (non-hydrogen) atoms. The van der Waals surface area contributed by atoms with Gasteiger partial charge in [0.2, 0.25) is 0 Å². The largest absolute Gasteiger partial charge is 0.450 e. The predicted octanol–water partition coefficient (Wildman–Crippen LogP) is 0.919. The molecule has 0 atom stereocenters. The van der Waals surface area contributed by atoms with Crippen LogP contribution in [0.1, 0.15) is 31.0 Å². The number of hydrogen-bond donors (Lipinski definition) is 1. The number of carbonyl (C=O) groups is 1. The van der Waals surface area contributed by atoms with Gasteiger partial charge < -0.3 is 20.3 Å². The Labute approximate surface area is 130 Å². The van der Waals surface area contributed by atoms with Crippen LogP contribution in [-0.4, -0.2) is 53.5 Å². The Bertz CT molecular complexity index is 543. The first-order valence-electron chi connectivity index (χ1n) is 7.95. The third kappa shape index (κ3) is 3.14. The van der Waals surface area contributed by atoms with Crippen molar-refractivity contribution < 1.29 is 9.53 Å². The van der Waals surface area contributed by atoms with Gasteiger partial charge in [0.05, 0.1) is 18.8 Å². The summed E-state index contributed by atoms with van der Waals surface area (Å²) < 4.78 is 5.08. The molecule has 7 nitrogen and oxygen atoms in total. The van der Waals surface area contributed by atoms with Crippen LogP contribution >= 0.6 is 0 Å². The fourth-order valence-electron chi connectivity index (χ4n) is 2.97. The number of anilines is 1. The fraction of sp³-hybridized carbons (Fsp3) is 0.667. The van der Waals surface area contributed by atoms with Gasteiger partial charge in [-0.3, -0.25) is 0 Å². The molecule has 120 valence electrons. The van der Waals surface area contributed by atoms with E-state index < -0.39 is 0 Å². The van der Waals surface area contributed by atoms with Gasteiger partial charge in [0, 0.05) is 32.1 Å². The zero-order chi connectivity index (χ0) is 15.5. The van der Waals surface area contributed by atoms with Crippen molar-refractivity contribution in [3.63, 3.8) is 0 Å². The summed E-state index contributed by atoms with van der Waals surface area (Å²) in [6, 6.07) is 2.35. The highest BCUT2D eigenvalue weighted by molar-refractivity contribution is 5.68. The standard InChI is InChI=1S/C15H23N5O2/c1-2-22-15(21)20-8-5-13-11(10-20)9-14(18-17-13)19-6-3-12(16)4-7-19/h9,12H,2-8,10,16H2,1H3. The molecule has 1 amide bonds. The monoisotopic (exact) mass is 305 g/mol. The molecule has 0 aliphatic carbocycles. The molecule has 2 aliphatic heterocycles. The van der Waals surface area contributed by atoms with E-state index in [1.54, 1.807) is 4.90 Å². The molecule has 3 heterocycles. The number of carbonyl (C=O) groups excluding carboxylic acids is 1. The zero-order valence-corrected chi connectivity index (χ0v) is 13.0. The van der Waals surface area contributed by atoms with Crippen molar-refractivity contribution in [1.82, 2.24) is 15.1 Å². The van der Waals surface area contributed by atoms with Crippen molar-refractivity contribution in [2.45, 2.75) is 38.8 Å². The van der Waals surface area contributed by atoms with Gasteiger partial charge in [-0.05, 0) is 31.4 Å². The number of nitrogens with zero attached hydrogens (tertiary/aromatic N) is 4. The molecule has 2 aliphatic rings. The normalized spacial score (nSPS) is 19.0. The molecule has 0 radical (unpaired) electrons. The molecular weight excluding hydrogens is 282 g/mol. The lowest BCUT2D eigenvalue weighted by molar-refractivity contribution is 0.102. The Hall–Kier alpha value is -1.89. The number of fused-ring (bicyclic) bond motifs is 1. The molecule has 2 N–H and O–H groups in total. The van der Waals surface area contributed by atoms with E-state index in [0.29, 0.717) is 25.7 Å². The Kier molecular flexibility index (Phi) is 4.42. The lowest BCUT2D eigenvalue weighted by Gasteiger charge is -2.32. The number of ether oxygens (including phenoxy) is 1. The number of rotatable bonds is 2. The van der Waals surface area contributed by atoms with E-state index in [1.165, 1.54) is 0 Å². The minimum atomic E-state index is -0.254. The predicted molar refractivity (Wildman–Crippen MR) is 82.6 cm³/mol. The summed E-state index contributed by atoms with van der Waals surface area (Å²) in [6.45, 7) is 5.23. The summed E-state index contributed by atoms with van der Waals surface area (Å²) in [5, 5.41) is 8.70. The van der Waals surface area contributed by atoms with E-state index in [2.05, 4.69) is 21.2 Å². The van der Waals surface area contributed by atoms with Gasteiger partial charge in [-0.1, -0.05) is 0 Å². The van der Waals surface area contributed by atoms with Crippen LogP contribution in [0.2, 0.25) is 0 Å². The van der Waals surface area contributed by atoms with E-state index in [0.717, 1.165) is 49.4 Å². The Morgan fingerprint density at radius 3 is 2.86 bits per heavy atom. The van der Waals surface area contributed by atoms with Crippen LogP contribution in [0.5, 0.6) is 0 Å². The SMILES string of the molecule is CCOC(=O)N1CCc2nnc(N3CCC(N)CC3)cc2C1. The van der Waals surface area contributed by atoms with E-state index >= 15 is 0 Å². The summed E-state index contributed by atoms with van der Waals surface area (Å²) in [5.74, 6) is 0.886. The molecule has 1 aromatic heterocycles.